The summed E-state index contributed by atoms with van der Waals surface area (Å²) in [4.78, 5) is 2.15. The first kappa shape index (κ1) is 12.3. The third-order valence-corrected chi connectivity index (χ3v) is 3.90. The minimum atomic E-state index is 0.713. The van der Waals surface area contributed by atoms with E-state index < -0.39 is 0 Å². The summed E-state index contributed by atoms with van der Waals surface area (Å²) in [6.45, 7) is 0. The molecule has 94 valence electrons. The smallest absolute Gasteiger partial charge is 0.138 e. The first-order valence-corrected chi connectivity index (χ1v) is 6.95. The quantitative estimate of drug-likeness (QED) is 0.666. The molecule has 2 nitrogen and oxygen atoms in total. The van der Waals surface area contributed by atoms with Gasteiger partial charge in [-0.3, -0.25) is 0 Å². The first-order chi connectivity index (χ1) is 9.33. The highest BCUT2D eigenvalue weighted by Crippen LogP contribution is 2.35. The summed E-state index contributed by atoms with van der Waals surface area (Å²) < 4.78 is 5.10. The predicted octanol–water partition coefficient (Wildman–Crippen LogP) is 5.15. The van der Waals surface area contributed by atoms with Crippen LogP contribution in [0.15, 0.2) is 75.2 Å². The van der Waals surface area contributed by atoms with Crippen molar-refractivity contribution in [2.24, 2.45) is 0 Å². The van der Waals surface area contributed by atoms with Crippen molar-refractivity contribution in [3.8, 4) is 11.3 Å². The number of hydrogen-bond donors (Lipinski definition) is 0. The first-order valence-electron chi connectivity index (χ1n) is 5.76. The molecule has 0 aliphatic rings. The number of halogens is 1. The molecule has 0 amide bonds. The van der Waals surface area contributed by atoms with Gasteiger partial charge < -0.3 is 4.52 Å². The van der Waals surface area contributed by atoms with Crippen LogP contribution in [0.4, 0.5) is 0 Å². The van der Waals surface area contributed by atoms with Crippen molar-refractivity contribution in [3.05, 3.63) is 65.9 Å². The Kier molecular flexibility index (Phi) is 3.58. The Bertz CT molecular complexity index is 664. The van der Waals surface area contributed by atoms with Gasteiger partial charge >= 0.3 is 0 Å². The molecule has 1 heterocycles. The van der Waals surface area contributed by atoms with E-state index in [4.69, 9.17) is 16.1 Å². The summed E-state index contributed by atoms with van der Waals surface area (Å²) in [5, 5.41) is 4.79. The van der Waals surface area contributed by atoms with Gasteiger partial charge in [-0.25, -0.2) is 0 Å². The maximum absolute atomic E-state index is 5.89. The minimum Gasteiger partial charge on any atom is -0.363 e. The monoisotopic (exact) mass is 287 g/mol. The van der Waals surface area contributed by atoms with Gasteiger partial charge in [0.15, 0.2) is 0 Å². The average Bonchev–Trinajstić information content (AvgIpc) is 2.89. The molecule has 0 radical (unpaired) electrons. The molecule has 0 aliphatic heterocycles. The second-order valence-corrected chi connectivity index (χ2v) is 5.50. The van der Waals surface area contributed by atoms with Gasteiger partial charge in [0.25, 0.3) is 0 Å². The highest BCUT2D eigenvalue weighted by molar-refractivity contribution is 7.99. The van der Waals surface area contributed by atoms with Crippen LogP contribution >= 0.6 is 23.4 Å². The second kappa shape index (κ2) is 5.51. The lowest BCUT2D eigenvalue weighted by atomic mass is 10.2. The summed E-state index contributed by atoms with van der Waals surface area (Å²) in [5.74, 6) is 0. The van der Waals surface area contributed by atoms with E-state index in [1.54, 1.807) is 18.0 Å². The molecular formula is C15H10ClNOS. The number of benzene rings is 2. The summed E-state index contributed by atoms with van der Waals surface area (Å²) >= 11 is 7.52. The molecule has 0 unspecified atom stereocenters. The lowest BCUT2D eigenvalue weighted by Gasteiger charge is -2.01. The van der Waals surface area contributed by atoms with E-state index in [1.165, 1.54) is 0 Å². The molecule has 0 fully saturated rings. The van der Waals surface area contributed by atoms with Crippen molar-refractivity contribution < 1.29 is 4.52 Å². The van der Waals surface area contributed by atoms with Gasteiger partial charge in [0.1, 0.15) is 12.0 Å². The van der Waals surface area contributed by atoms with Crippen LogP contribution in [0.25, 0.3) is 11.3 Å². The van der Waals surface area contributed by atoms with Crippen LogP contribution in [0.1, 0.15) is 0 Å². The normalized spacial score (nSPS) is 10.6. The standard InChI is InChI=1S/C15H10ClNOS/c16-12-8-6-11(7-9-12)15-14(10-18-17-15)19-13-4-2-1-3-5-13/h1-10H. The fraction of sp³-hybridized carbons (Fsp3) is 0. The fourth-order valence-electron chi connectivity index (χ4n) is 1.72. The van der Waals surface area contributed by atoms with E-state index in [9.17, 15) is 0 Å². The molecule has 0 bridgehead atoms. The SMILES string of the molecule is Clc1ccc(-c2nocc2Sc2ccccc2)cc1. The highest BCUT2D eigenvalue weighted by atomic mass is 35.5. The largest absolute Gasteiger partial charge is 0.363 e. The molecule has 0 saturated heterocycles. The van der Waals surface area contributed by atoms with E-state index in [-0.39, 0.29) is 0 Å². The lowest BCUT2D eigenvalue weighted by Crippen LogP contribution is -1.80. The highest BCUT2D eigenvalue weighted by Gasteiger charge is 2.11. The van der Waals surface area contributed by atoms with Crippen LogP contribution in [0, 0.1) is 0 Å². The minimum absolute atomic E-state index is 0.713. The summed E-state index contributed by atoms with van der Waals surface area (Å²) in [6.07, 6.45) is 1.67. The molecule has 0 N–H and O–H groups in total. The number of rotatable bonds is 3. The Morgan fingerprint density at radius 3 is 2.42 bits per heavy atom. The van der Waals surface area contributed by atoms with Crippen molar-refractivity contribution in [2.45, 2.75) is 9.79 Å². The van der Waals surface area contributed by atoms with Crippen molar-refractivity contribution in [3.63, 3.8) is 0 Å². The van der Waals surface area contributed by atoms with Crippen LogP contribution in [0.3, 0.4) is 0 Å². The van der Waals surface area contributed by atoms with Gasteiger partial charge in [-0.05, 0) is 24.3 Å². The molecule has 0 atom stereocenters. The Hall–Kier alpha value is -1.71. The average molecular weight is 288 g/mol. The molecule has 4 heteroatoms. The van der Waals surface area contributed by atoms with Crippen molar-refractivity contribution >= 4 is 23.4 Å². The lowest BCUT2D eigenvalue weighted by molar-refractivity contribution is 0.420. The molecule has 0 saturated carbocycles. The Morgan fingerprint density at radius 2 is 1.68 bits per heavy atom. The molecule has 3 aromatic rings. The van der Waals surface area contributed by atoms with Crippen LogP contribution < -0.4 is 0 Å². The van der Waals surface area contributed by atoms with Crippen LogP contribution in [0.2, 0.25) is 5.02 Å². The zero-order valence-corrected chi connectivity index (χ0v) is 11.5. The summed E-state index contributed by atoms with van der Waals surface area (Å²) in [6, 6.07) is 17.7. The molecule has 1 aromatic heterocycles. The van der Waals surface area contributed by atoms with Gasteiger partial charge in [-0.2, -0.15) is 0 Å². The van der Waals surface area contributed by atoms with Crippen molar-refractivity contribution in [2.75, 3.05) is 0 Å². The summed E-state index contributed by atoms with van der Waals surface area (Å²) in [5.41, 5.74) is 1.84. The zero-order chi connectivity index (χ0) is 13.1. The van der Waals surface area contributed by atoms with Gasteiger partial charge in [-0.15, -0.1) is 0 Å². The zero-order valence-electron chi connectivity index (χ0n) is 9.92. The van der Waals surface area contributed by atoms with Gasteiger partial charge in [0.05, 0.1) is 4.90 Å². The van der Waals surface area contributed by atoms with Gasteiger partial charge in [0, 0.05) is 15.5 Å². The molecule has 2 aromatic carbocycles. The van der Waals surface area contributed by atoms with Gasteiger partial charge in [0.2, 0.25) is 0 Å². The molecule has 0 aliphatic carbocycles. The Labute approximate surface area is 120 Å². The number of nitrogens with zero attached hydrogens (tertiary/aromatic N) is 1. The molecular weight excluding hydrogens is 278 g/mol. The van der Waals surface area contributed by atoms with E-state index in [2.05, 4.69) is 17.3 Å². The molecule has 19 heavy (non-hydrogen) atoms. The van der Waals surface area contributed by atoms with E-state index in [0.717, 1.165) is 21.0 Å². The van der Waals surface area contributed by atoms with Gasteiger partial charge in [-0.1, -0.05) is 58.9 Å². The third-order valence-electron chi connectivity index (χ3n) is 2.63. The topological polar surface area (TPSA) is 26.0 Å². The van der Waals surface area contributed by atoms with E-state index in [1.807, 2.05) is 42.5 Å². The number of hydrogen-bond acceptors (Lipinski definition) is 3. The van der Waals surface area contributed by atoms with E-state index >= 15 is 0 Å². The second-order valence-electron chi connectivity index (χ2n) is 3.95. The molecule has 0 spiro atoms. The Balaban J connectivity index is 1.92. The maximum atomic E-state index is 5.89. The van der Waals surface area contributed by atoms with Crippen molar-refractivity contribution in [1.29, 1.82) is 0 Å². The predicted molar refractivity (Wildman–Crippen MR) is 77.5 cm³/mol. The van der Waals surface area contributed by atoms with Crippen LogP contribution in [-0.2, 0) is 0 Å². The fourth-order valence-corrected chi connectivity index (χ4v) is 2.73. The number of aromatic nitrogens is 1. The maximum Gasteiger partial charge on any atom is 0.138 e. The van der Waals surface area contributed by atoms with Crippen LogP contribution in [-0.4, -0.2) is 5.16 Å². The molecule has 3 rings (SSSR count). The Morgan fingerprint density at radius 1 is 0.947 bits per heavy atom. The summed E-state index contributed by atoms with van der Waals surface area (Å²) in [7, 11) is 0. The van der Waals surface area contributed by atoms with Crippen LogP contribution in [0.5, 0.6) is 0 Å². The third kappa shape index (κ3) is 2.83. The van der Waals surface area contributed by atoms with E-state index in [0.29, 0.717) is 5.02 Å². The van der Waals surface area contributed by atoms with Crippen molar-refractivity contribution in [1.82, 2.24) is 5.16 Å².